The highest BCUT2D eigenvalue weighted by atomic mass is 16.3. The van der Waals surface area contributed by atoms with Crippen LogP contribution in [0.15, 0.2) is 54.6 Å². The maximum absolute atomic E-state index is 9.31. The highest BCUT2D eigenvalue weighted by Crippen LogP contribution is 2.27. The van der Waals surface area contributed by atoms with Crippen LogP contribution in [0.3, 0.4) is 0 Å². The lowest BCUT2D eigenvalue weighted by atomic mass is 10.0. The van der Waals surface area contributed by atoms with Crippen molar-refractivity contribution in [1.29, 1.82) is 0 Å². The second-order valence-corrected chi connectivity index (χ2v) is 4.14. The summed E-state index contributed by atoms with van der Waals surface area (Å²) in [6.07, 6.45) is -0.348. The number of aliphatic hydroxyl groups excluding tert-OH is 1. The van der Waals surface area contributed by atoms with Gasteiger partial charge in [-0.25, -0.2) is 0 Å². The number of hydrogen-bond donors (Lipinski definition) is 2. The molecule has 0 radical (unpaired) electrons. The number of nitrogens with one attached hydrogen (secondary N) is 1. The Morgan fingerprint density at radius 2 is 1.65 bits per heavy atom. The largest absolute Gasteiger partial charge is 0.392 e. The summed E-state index contributed by atoms with van der Waals surface area (Å²) in [5.41, 5.74) is 3.40. The van der Waals surface area contributed by atoms with E-state index >= 15 is 0 Å². The molecule has 1 atom stereocenters. The molecule has 0 aliphatic rings. The highest BCUT2D eigenvalue weighted by molar-refractivity contribution is 5.77. The van der Waals surface area contributed by atoms with Crippen molar-refractivity contribution >= 4 is 5.69 Å². The van der Waals surface area contributed by atoms with E-state index in [9.17, 15) is 5.11 Å². The monoisotopic (exact) mass is 227 g/mol. The molecule has 2 N–H and O–H groups in total. The van der Waals surface area contributed by atoms with Crippen LogP contribution in [0.2, 0.25) is 0 Å². The van der Waals surface area contributed by atoms with Crippen LogP contribution in [0.1, 0.15) is 6.92 Å². The van der Waals surface area contributed by atoms with Gasteiger partial charge in [0.1, 0.15) is 0 Å². The van der Waals surface area contributed by atoms with Crippen molar-refractivity contribution < 1.29 is 5.11 Å². The standard InChI is InChI=1S/C15H17NO/c1-12(17)11-16-15-10-6-5-9-14(15)13-7-3-2-4-8-13/h2-10,12,16-17H,11H2,1H3/t12-/m1/s1. The number of benzene rings is 2. The summed E-state index contributed by atoms with van der Waals surface area (Å²) in [5, 5.41) is 12.6. The van der Waals surface area contributed by atoms with Crippen molar-refractivity contribution in [2.75, 3.05) is 11.9 Å². The van der Waals surface area contributed by atoms with Crippen LogP contribution in [0, 0.1) is 0 Å². The van der Waals surface area contributed by atoms with E-state index in [1.54, 1.807) is 6.92 Å². The van der Waals surface area contributed by atoms with Gasteiger partial charge >= 0.3 is 0 Å². The molecule has 17 heavy (non-hydrogen) atoms. The molecular formula is C15H17NO. The van der Waals surface area contributed by atoms with Gasteiger partial charge in [0.15, 0.2) is 0 Å². The second-order valence-electron chi connectivity index (χ2n) is 4.14. The first-order valence-electron chi connectivity index (χ1n) is 5.84. The molecule has 2 nitrogen and oxygen atoms in total. The topological polar surface area (TPSA) is 32.3 Å². The van der Waals surface area contributed by atoms with E-state index in [0.29, 0.717) is 6.54 Å². The fraction of sp³-hybridized carbons (Fsp3) is 0.200. The van der Waals surface area contributed by atoms with Crippen LogP contribution in [-0.4, -0.2) is 17.8 Å². The van der Waals surface area contributed by atoms with E-state index in [4.69, 9.17) is 0 Å². The molecular weight excluding hydrogens is 210 g/mol. The van der Waals surface area contributed by atoms with Gasteiger partial charge in [-0.2, -0.15) is 0 Å². The summed E-state index contributed by atoms with van der Waals surface area (Å²) in [7, 11) is 0. The molecule has 0 saturated heterocycles. The first kappa shape index (κ1) is 11.7. The number of aliphatic hydroxyl groups is 1. The smallest absolute Gasteiger partial charge is 0.0684 e. The molecule has 0 aromatic heterocycles. The maximum atomic E-state index is 9.31. The number of para-hydroxylation sites is 1. The Morgan fingerprint density at radius 3 is 2.35 bits per heavy atom. The Hall–Kier alpha value is -1.80. The van der Waals surface area contributed by atoms with Crippen molar-refractivity contribution in [2.45, 2.75) is 13.0 Å². The van der Waals surface area contributed by atoms with Gasteiger partial charge in [0.2, 0.25) is 0 Å². The van der Waals surface area contributed by atoms with Crippen LogP contribution in [0.5, 0.6) is 0 Å². The third-order valence-electron chi connectivity index (χ3n) is 2.60. The molecule has 2 heteroatoms. The molecule has 0 saturated carbocycles. The summed E-state index contributed by atoms with van der Waals surface area (Å²) in [6.45, 7) is 2.34. The molecule has 2 aromatic rings. The first-order chi connectivity index (χ1) is 8.27. The van der Waals surface area contributed by atoms with Crippen LogP contribution < -0.4 is 5.32 Å². The fourth-order valence-corrected chi connectivity index (χ4v) is 1.76. The van der Waals surface area contributed by atoms with Crippen LogP contribution >= 0.6 is 0 Å². The number of rotatable bonds is 4. The third-order valence-corrected chi connectivity index (χ3v) is 2.60. The third kappa shape index (κ3) is 3.08. The van der Waals surface area contributed by atoms with Gasteiger partial charge in [-0.1, -0.05) is 48.5 Å². The predicted molar refractivity (Wildman–Crippen MR) is 72.0 cm³/mol. The average Bonchev–Trinajstić information content (AvgIpc) is 2.38. The molecule has 0 aliphatic heterocycles. The van der Waals surface area contributed by atoms with E-state index in [-0.39, 0.29) is 6.10 Å². The molecule has 0 unspecified atom stereocenters. The Kier molecular flexibility index (Phi) is 3.78. The normalized spacial score (nSPS) is 12.1. The SMILES string of the molecule is C[C@@H](O)CNc1ccccc1-c1ccccc1. The summed E-state index contributed by atoms with van der Waals surface area (Å²) >= 11 is 0. The van der Waals surface area contributed by atoms with Crippen molar-refractivity contribution in [3.05, 3.63) is 54.6 Å². The quantitative estimate of drug-likeness (QED) is 0.841. The van der Waals surface area contributed by atoms with Crippen LogP contribution in [0.4, 0.5) is 5.69 Å². The minimum Gasteiger partial charge on any atom is -0.392 e. The number of anilines is 1. The molecule has 0 fully saturated rings. The first-order valence-corrected chi connectivity index (χ1v) is 5.84. The van der Waals surface area contributed by atoms with Gasteiger partial charge in [0, 0.05) is 17.8 Å². The Labute approximate surface area is 102 Å². The molecule has 0 spiro atoms. The second kappa shape index (κ2) is 5.51. The van der Waals surface area contributed by atoms with Gasteiger partial charge in [-0.3, -0.25) is 0 Å². The van der Waals surface area contributed by atoms with Crippen LogP contribution in [0.25, 0.3) is 11.1 Å². The Balaban J connectivity index is 2.28. The van der Waals surface area contributed by atoms with Crippen molar-refractivity contribution in [3.8, 4) is 11.1 Å². The average molecular weight is 227 g/mol. The molecule has 88 valence electrons. The zero-order valence-corrected chi connectivity index (χ0v) is 9.93. The Morgan fingerprint density at radius 1 is 1.00 bits per heavy atom. The molecule has 0 amide bonds. The molecule has 0 bridgehead atoms. The summed E-state index contributed by atoms with van der Waals surface area (Å²) in [5.74, 6) is 0. The van der Waals surface area contributed by atoms with Crippen LogP contribution in [-0.2, 0) is 0 Å². The van der Waals surface area contributed by atoms with Gasteiger partial charge in [-0.05, 0) is 18.6 Å². The lowest BCUT2D eigenvalue weighted by Gasteiger charge is -2.13. The highest BCUT2D eigenvalue weighted by Gasteiger charge is 2.04. The summed E-state index contributed by atoms with van der Waals surface area (Å²) in [6, 6.07) is 18.4. The lowest BCUT2D eigenvalue weighted by molar-refractivity contribution is 0.208. The predicted octanol–water partition coefficient (Wildman–Crippen LogP) is 3.15. The molecule has 2 aromatic carbocycles. The Bertz CT molecular complexity index is 465. The van der Waals surface area contributed by atoms with Crippen molar-refractivity contribution in [3.63, 3.8) is 0 Å². The van der Waals surface area contributed by atoms with Crippen molar-refractivity contribution in [2.24, 2.45) is 0 Å². The minimum absolute atomic E-state index is 0.348. The molecule has 0 heterocycles. The zero-order valence-electron chi connectivity index (χ0n) is 9.93. The molecule has 0 aliphatic carbocycles. The van der Waals surface area contributed by atoms with Gasteiger partial charge < -0.3 is 10.4 Å². The van der Waals surface area contributed by atoms with E-state index in [1.807, 2.05) is 36.4 Å². The zero-order chi connectivity index (χ0) is 12.1. The number of hydrogen-bond acceptors (Lipinski definition) is 2. The summed E-state index contributed by atoms with van der Waals surface area (Å²) < 4.78 is 0. The summed E-state index contributed by atoms with van der Waals surface area (Å²) in [4.78, 5) is 0. The lowest BCUT2D eigenvalue weighted by Crippen LogP contribution is -2.15. The van der Waals surface area contributed by atoms with Crippen molar-refractivity contribution in [1.82, 2.24) is 0 Å². The maximum Gasteiger partial charge on any atom is 0.0684 e. The van der Waals surface area contributed by atoms with E-state index in [1.165, 1.54) is 5.56 Å². The fourth-order valence-electron chi connectivity index (χ4n) is 1.76. The van der Waals surface area contributed by atoms with Gasteiger partial charge in [0.25, 0.3) is 0 Å². The molecule has 2 rings (SSSR count). The van der Waals surface area contributed by atoms with Gasteiger partial charge in [0.05, 0.1) is 6.10 Å². The minimum atomic E-state index is -0.348. The van der Waals surface area contributed by atoms with Gasteiger partial charge in [-0.15, -0.1) is 0 Å². The van der Waals surface area contributed by atoms with E-state index in [0.717, 1.165) is 11.3 Å². The van der Waals surface area contributed by atoms with E-state index in [2.05, 4.69) is 23.5 Å². The van der Waals surface area contributed by atoms with E-state index < -0.39 is 0 Å².